The van der Waals surface area contributed by atoms with Gasteiger partial charge in [-0.3, -0.25) is 4.79 Å². The summed E-state index contributed by atoms with van der Waals surface area (Å²) in [5, 5.41) is 70.4. The summed E-state index contributed by atoms with van der Waals surface area (Å²) in [6.07, 6.45) is -13.3. The highest BCUT2D eigenvalue weighted by Gasteiger charge is 2.51. The number of carbonyl (C=O) groups excluding carboxylic acids is 1. The van der Waals surface area contributed by atoms with Crippen molar-refractivity contribution in [2.45, 2.75) is 68.3 Å². The van der Waals surface area contributed by atoms with Crippen molar-refractivity contribution >= 4 is 5.91 Å². The van der Waals surface area contributed by atoms with Gasteiger partial charge in [-0.15, -0.1) is 0 Å². The molecule has 2 saturated heterocycles. The molecule has 1 amide bonds. The maximum Gasteiger partial charge on any atom is 0.217 e. The van der Waals surface area contributed by atoms with Crippen molar-refractivity contribution in [3.8, 4) is 0 Å². The smallest absolute Gasteiger partial charge is 0.217 e. The predicted molar refractivity (Wildman–Crippen MR) is 80.2 cm³/mol. The van der Waals surface area contributed by atoms with Crippen molar-refractivity contribution in [1.29, 1.82) is 0 Å². The van der Waals surface area contributed by atoms with E-state index in [0.29, 0.717) is 0 Å². The average molecular weight is 383 g/mol. The van der Waals surface area contributed by atoms with Crippen LogP contribution < -0.4 is 5.32 Å². The molecule has 2 heterocycles. The van der Waals surface area contributed by atoms with E-state index in [1.54, 1.807) is 0 Å². The molecule has 2 aliphatic heterocycles. The fourth-order valence-corrected chi connectivity index (χ4v) is 3.00. The molecule has 2 fully saturated rings. The molecule has 0 aliphatic carbocycles. The van der Waals surface area contributed by atoms with E-state index in [2.05, 4.69) is 5.32 Å². The average Bonchev–Trinajstić information content (AvgIpc) is 2.88. The molecule has 8 N–H and O–H groups in total. The Balaban J connectivity index is 2.13. The molecule has 0 unspecified atom stereocenters. The first-order chi connectivity index (χ1) is 12.2. The van der Waals surface area contributed by atoms with Crippen LogP contribution in [0.25, 0.3) is 0 Å². The number of carbonyl (C=O) groups is 1. The van der Waals surface area contributed by atoms with Gasteiger partial charge in [-0.25, -0.2) is 0 Å². The number of amides is 1. The van der Waals surface area contributed by atoms with Gasteiger partial charge in [-0.1, -0.05) is 0 Å². The molecular weight excluding hydrogens is 358 g/mol. The van der Waals surface area contributed by atoms with Crippen molar-refractivity contribution in [3.63, 3.8) is 0 Å². The molecule has 2 rings (SSSR count). The summed E-state index contributed by atoms with van der Waals surface area (Å²) in [4.78, 5) is 11.2. The zero-order valence-electron chi connectivity index (χ0n) is 14.0. The monoisotopic (exact) mass is 383 g/mol. The van der Waals surface area contributed by atoms with E-state index in [4.69, 9.17) is 19.3 Å². The second-order valence-corrected chi connectivity index (χ2v) is 6.27. The van der Waals surface area contributed by atoms with Gasteiger partial charge < -0.3 is 55.3 Å². The van der Waals surface area contributed by atoms with Gasteiger partial charge in [0.05, 0.1) is 13.2 Å². The minimum absolute atomic E-state index is 0.559. The van der Waals surface area contributed by atoms with Crippen LogP contribution >= 0.6 is 0 Å². The summed E-state index contributed by atoms with van der Waals surface area (Å²) >= 11 is 0. The van der Waals surface area contributed by atoms with Gasteiger partial charge >= 0.3 is 0 Å². The molecule has 0 spiro atoms. The summed E-state index contributed by atoms with van der Waals surface area (Å²) in [6.45, 7) is -0.236. The Labute approximate surface area is 148 Å². The Hall–Kier alpha value is -0.930. The zero-order valence-corrected chi connectivity index (χ0v) is 14.0. The van der Waals surface area contributed by atoms with Crippen LogP contribution in [0.5, 0.6) is 0 Å². The Morgan fingerprint density at radius 2 is 1.77 bits per heavy atom. The highest BCUT2D eigenvalue weighted by molar-refractivity contribution is 5.73. The summed E-state index contributed by atoms with van der Waals surface area (Å²) < 4.78 is 15.7. The third-order valence-electron chi connectivity index (χ3n) is 4.36. The molecule has 0 bridgehead atoms. The molecule has 0 aromatic carbocycles. The maximum atomic E-state index is 11.2. The minimum atomic E-state index is -1.63. The maximum absolute atomic E-state index is 11.2. The molecular formula is C14H25NO11. The Kier molecular flexibility index (Phi) is 7.27. The van der Waals surface area contributed by atoms with Crippen molar-refractivity contribution in [2.24, 2.45) is 0 Å². The van der Waals surface area contributed by atoms with Crippen molar-refractivity contribution < 1.29 is 54.8 Å². The first-order valence-electron chi connectivity index (χ1n) is 8.06. The number of hydrogen-bond donors (Lipinski definition) is 8. The normalized spacial score (nSPS) is 44.7. The van der Waals surface area contributed by atoms with Gasteiger partial charge in [-0.2, -0.15) is 0 Å². The summed E-state index contributed by atoms with van der Waals surface area (Å²) in [6, 6.07) is -1.28. The van der Waals surface area contributed by atoms with Gasteiger partial charge in [0.25, 0.3) is 0 Å². The highest BCUT2D eigenvalue weighted by atomic mass is 16.7. The zero-order chi connectivity index (χ0) is 19.6. The number of ether oxygens (including phenoxy) is 3. The summed E-state index contributed by atoms with van der Waals surface area (Å²) in [7, 11) is 0. The van der Waals surface area contributed by atoms with Crippen LogP contribution in [-0.4, -0.2) is 116 Å². The molecule has 0 aromatic rings. The van der Waals surface area contributed by atoms with E-state index in [9.17, 15) is 35.4 Å². The lowest BCUT2D eigenvalue weighted by Gasteiger charge is -2.43. The lowest BCUT2D eigenvalue weighted by atomic mass is 9.96. The highest BCUT2D eigenvalue weighted by Crippen LogP contribution is 2.30. The Morgan fingerprint density at radius 3 is 2.31 bits per heavy atom. The van der Waals surface area contributed by atoms with Gasteiger partial charge in [0.2, 0.25) is 5.91 Å². The van der Waals surface area contributed by atoms with Gasteiger partial charge in [-0.05, 0) is 0 Å². The van der Waals surface area contributed by atoms with Gasteiger partial charge in [0, 0.05) is 6.92 Å². The molecule has 0 saturated carbocycles. The molecule has 10 atom stereocenters. The third kappa shape index (κ3) is 4.31. The van der Waals surface area contributed by atoms with Crippen molar-refractivity contribution in [1.82, 2.24) is 5.32 Å². The van der Waals surface area contributed by atoms with E-state index in [0.717, 1.165) is 6.92 Å². The first-order valence-corrected chi connectivity index (χ1v) is 8.06. The van der Waals surface area contributed by atoms with E-state index >= 15 is 0 Å². The third-order valence-corrected chi connectivity index (χ3v) is 4.36. The molecule has 152 valence electrons. The lowest BCUT2D eigenvalue weighted by Crippen LogP contribution is -2.65. The van der Waals surface area contributed by atoms with Crippen molar-refractivity contribution in [2.75, 3.05) is 13.2 Å². The second kappa shape index (κ2) is 8.84. The molecule has 0 radical (unpaired) electrons. The molecule has 26 heavy (non-hydrogen) atoms. The standard InChI is InChI=1S/C14H25NO11/c1-4(18)15-7-8(20)12(6(3-17)24-13(7)23)26-14-10(22)9(21)11(25-14)5(19)2-16/h5-14,16-17,19-23H,2-3H2,1H3,(H,15,18)/t5-,6+,7+,8+,9+,10+,11-,12+,13+,14-/m0/s1. The number of hydrogen-bond acceptors (Lipinski definition) is 11. The molecule has 12 heteroatoms. The molecule has 0 aromatic heterocycles. The predicted octanol–water partition coefficient (Wildman–Crippen LogP) is -5.25. The fourth-order valence-electron chi connectivity index (χ4n) is 3.00. The number of aliphatic hydroxyl groups is 7. The molecule has 12 nitrogen and oxygen atoms in total. The van der Waals surface area contributed by atoms with Crippen LogP contribution in [0.4, 0.5) is 0 Å². The van der Waals surface area contributed by atoms with Crippen LogP contribution in [0.15, 0.2) is 0 Å². The van der Waals surface area contributed by atoms with Crippen LogP contribution in [0.3, 0.4) is 0 Å². The van der Waals surface area contributed by atoms with E-state index < -0.39 is 80.5 Å². The SMILES string of the molecule is CC(=O)N[C@@H]1[C@@H](O)[C@H](O[C@@H]2O[C@@H]([C@@H](O)CO)[C@H](O)[C@H]2O)[C@@H](CO)O[C@H]1O. The minimum Gasteiger partial charge on any atom is -0.394 e. The van der Waals surface area contributed by atoms with Gasteiger partial charge in [0.1, 0.15) is 48.8 Å². The topological polar surface area (TPSA) is 198 Å². The van der Waals surface area contributed by atoms with E-state index in [1.807, 2.05) is 0 Å². The van der Waals surface area contributed by atoms with E-state index in [1.165, 1.54) is 0 Å². The Bertz CT molecular complexity index is 480. The van der Waals surface area contributed by atoms with E-state index in [-0.39, 0.29) is 0 Å². The largest absolute Gasteiger partial charge is 0.394 e. The number of aliphatic hydroxyl groups excluding tert-OH is 7. The quantitative estimate of drug-likeness (QED) is 0.218. The molecule has 2 aliphatic rings. The van der Waals surface area contributed by atoms with Crippen LogP contribution in [0, 0.1) is 0 Å². The summed E-state index contributed by atoms with van der Waals surface area (Å²) in [5.41, 5.74) is 0. The first kappa shape index (κ1) is 21.4. The van der Waals surface area contributed by atoms with Crippen LogP contribution in [0.2, 0.25) is 0 Å². The van der Waals surface area contributed by atoms with Gasteiger partial charge in [0.15, 0.2) is 12.6 Å². The van der Waals surface area contributed by atoms with Crippen LogP contribution in [-0.2, 0) is 19.0 Å². The number of rotatable bonds is 6. The van der Waals surface area contributed by atoms with Crippen molar-refractivity contribution in [3.05, 3.63) is 0 Å². The Morgan fingerprint density at radius 1 is 1.12 bits per heavy atom. The van der Waals surface area contributed by atoms with Crippen LogP contribution in [0.1, 0.15) is 6.92 Å². The fraction of sp³-hybridized carbons (Fsp3) is 0.929. The summed E-state index contributed by atoms with van der Waals surface area (Å²) in [5.74, 6) is -0.559. The second-order valence-electron chi connectivity index (χ2n) is 6.27. The lowest BCUT2D eigenvalue weighted by molar-refractivity contribution is -0.300. The number of nitrogens with one attached hydrogen (secondary N) is 1.